The molecular weight excluding hydrogens is 354 g/mol. The van der Waals surface area contributed by atoms with Crippen LogP contribution in [0.1, 0.15) is 91.0 Å². The maximum Gasteiger partial charge on any atom is 0.166 e. The fourth-order valence-electron chi connectivity index (χ4n) is 4.04. The molecule has 0 aliphatic carbocycles. The average Bonchev–Trinajstić information content (AvgIpc) is 2.64. The van der Waals surface area contributed by atoms with Crippen LogP contribution in [0.3, 0.4) is 0 Å². The van der Waals surface area contributed by atoms with Crippen LogP contribution < -0.4 is 4.74 Å². The summed E-state index contributed by atoms with van der Waals surface area (Å²) in [6.45, 7) is 11.4. The minimum absolute atomic E-state index is 0.0571. The molecule has 0 aromatic heterocycles. The van der Waals surface area contributed by atoms with Crippen LogP contribution in [0.2, 0.25) is 0 Å². The molecule has 1 nitrogen and oxygen atoms in total. The quantitative estimate of drug-likeness (QED) is 0.370. The monoisotopic (exact) mass is 390 g/mol. The van der Waals surface area contributed by atoms with E-state index in [1.807, 2.05) is 13.0 Å². The standard InChI is InChI=1S/C25H36F2O/c1-6-8-9-10-11-12-13-21(25(3,4)5)20-16-18-14-15-22(26)24(27)19(18)17-23(20)28-7-2/h14-17,21H,6-13H2,1-5H3. The second-order valence-corrected chi connectivity index (χ2v) is 8.88. The lowest BCUT2D eigenvalue weighted by molar-refractivity contribution is 0.279. The highest BCUT2D eigenvalue weighted by atomic mass is 19.2. The first-order chi connectivity index (χ1) is 13.3. The number of ether oxygens (including phenoxy) is 1. The number of unbranched alkanes of at least 4 members (excludes halogenated alkanes) is 5. The van der Waals surface area contributed by atoms with E-state index in [0.717, 1.165) is 17.4 Å². The van der Waals surface area contributed by atoms with Gasteiger partial charge in [-0.05, 0) is 53.8 Å². The van der Waals surface area contributed by atoms with Gasteiger partial charge < -0.3 is 4.74 Å². The average molecular weight is 391 g/mol. The van der Waals surface area contributed by atoms with Gasteiger partial charge in [0.25, 0.3) is 0 Å². The molecule has 0 aliphatic rings. The Bertz CT molecular complexity index is 761. The van der Waals surface area contributed by atoms with E-state index in [-0.39, 0.29) is 5.41 Å². The summed E-state index contributed by atoms with van der Waals surface area (Å²) in [5, 5.41) is 1.02. The minimum atomic E-state index is -0.817. The van der Waals surface area contributed by atoms with Crippen molar-refractivity contribution < 1.29 is 13.5 Å². The van der Waals surface area contributed by atoms with Gasteiger partial charge in [-0.1, -0.05) is 72.3 Å². The van der Waals surface area contributed by atoms with E-state index < -0.39 is 11.6 Å². The van der Waals surface area contributed by atoms with Crippen molar-refractivity contribution in [2.45, 2.75) is 85.5 Å². The van der Waals surface area contributed by atoms with Crippen molar-refractivity contribution in [3.8, 4) is 5.75 Å². The van der Waals surface area contributed by atoms with Crippen LogP contribution in [0.5, 0.6) is 5.75 Å². The normalized spacial score (nSPS) is 13.1. The van der Waals surface area contributed by atoms with E-state index in [4.69, 9.17) is 4.74 Å². The molecule has 3 heteroatoms. The van der Waals surface area contributed by atoms with Crippen molar-refractivity contribution in [1.82, 2.24) is 0 Å². The SMILES string of the molecule is CCCCCCCCC(c1cc2ccc(F)c(F)c2cc1OCC)C(C)(C)C. The van der Waals surface area contributed by atoms with Gasteiger partial charge in [0.2, 0.25) is 0 Å². The molecule has 0 radical (unpaired) electrons. The van der Waals surface area contributed by atoms with Crippen LogP contribution in [-0.4, -0.2) is 6.61 Å². The van der Waals surface area contributed by atoms with E-state index in [0.29, 0.717) is 23.7 Å². The number of halogens is 2. The molecule has 0 heterocycles. The zero-order chi connectivity index (χ0) is 20.7. The smallest absolute Gasteiger partial charge is 0.166 e. The van der Waals surface area contributed by atoms with Crippen LogP contribution in [0, 0.1) is 17.0 Å². The summed E-state index contributed by atoms with van der Waals surface area (Å²) in [4.78, 5) is 0. The van der Waals surface area contributed by atoms with E-state index in [1.54, 1.807) is 12.1 Å². The van der Waals surface area contributed by atoms with Gasteiger partial charge >= 0.3 is 0 Å². The third kappa shape index (κ3) is 5.68. The second kappa shape index (κ2) is 10.2. The molecule has 0 aliphatic heterocycles. The van der Waals surface area contributed by atoms with Gasteiger partial charge in [0, 0.05) is 5.39 Å². The summed E-state index contributed by atoms with van der Waals surface area (Å²) < 4.78 is 33.9. The number of hydrogen-bond acceptors (Lipinski definition) is 1. The molecule has 2 aromatic rings. The maximum absolute atomic E-state index is 14.3. The van der Waals surface area contributed by atoms with Crippen molar-refractivity contribution in [2.24, 2.45) is 5.41 Å². The summed E-state index contributed by atoms with van der Waals surface area (Å²) in [7, 11) is 0. The lowest BCUT2D eigenvalue weighted by Gasteiger charge is -2.33. The van der Waals surface area contributed by atoms with E-state index in [9.17, 15) is 8.78 Å². The second-order valence-electron chi connectivity index (χ2n) is 8.88. The van der Waals surface area contributed by atoms with Gasteiger partial charge in [-0.3, -0.25) is 0 Å². The maximum atomic E-state index is 14.3. The Kier molecular flexibility index (Phi) is 8.27. The fraction of sp³-hybridized carbons (Fsp3) is 0.600. The summed E-state index contributed by atoms with van der Waals surface area (Å²) in [6.07, 6.45) is 8.65. The molecule has 0 amide bonds. The van der Waals surface area contributed by atoms with Gasteiger partial charge in [0.15, 0.2) is 11.6 Å². The molecule has 0 N–H and O–H groups in total. The Morgan fingerprint density at radius 3 is 2.25 bits per heavy atom. The number of fused-ring (bicyclic) bond motifs is 1. The Balaban J connectivity index is 2.35. The molecule has 28 heavy (non-hydrogen) atoms. The molecule has 0 bridgehead atoms. The first-order valence-electron chi connectivity index (χ1n) is 10.8. The van der Waals surface area contributed by atoms with Crippen LogP contribution >= 0.6 is 0 Å². The van der Waals surface area contributed by atoms with Gasteiger partial charge in [0.1, 0.15) is 5.75 Å². The Morgan fingerprint density at radius 2 is 1.61 bits per heavy atom. The third-order valence-corrected chi connectivity index (χ3v) is 5.60. The number of hydrogen-bond donors (Lipinski definition) is 0. The van der Waals surface area contributed by atoms with Crippen molar-refractivity contribution in [3.05, 3.63) is 41.5 Å². The van der Waals surface area contributed by atoms with Gasteiger partial charge in [-0.15, -0.1) is 0 Å². The number of rotatable bonds is 10. The predicted molar refractivity (Wildman–Crippen MR) is 115 cm³/mol. The van der Waals surface area contributed by atoms with Crippen LogP contribution in [0.25, 0.3) is 10.8 Å². The molecule has 1 unspecified atom stereocenters. The van der Waals surface area contributed by atoms with Crippen LogP contribution in [-0.2, 0) is 0 Å². The largest absolute Gasteiger partial charge is 0.494 e. The summed E-state index contributed by atoms with van der Waals surface area (Å²) >= 11 is 0. The van der Waals surface area contributed by atoms with Crippen molar-refractivity contribution >= 4 is 10.8 Å². The Labute approximate surface area is 169 Å². The Morgan fingerprint density at radius 1 is 0.929 bits per heavy atom. The van der Waals surface area contributed by atoms with Crippen molar-refractivity contribution in [1.29, 1.82) is 0 Å². The lowest BCUT2D eigenvalue weighted by atomic mass is 9.73. The minimum Gasteiger partial charge on any atom is -0.494 e. The fourth-order valence-corrected chi connectivity index (χ4v) is 4.04. The molecule has 156 valence electrons. The lowest BCUT2D eigenvalue weighted by Crippen LogP contribution is -2.19. The van der Waals surface area contributed by atoms with Crippen LogP contribution in [0.15, 0.2) is 24.3 Å². The molecule has 2 aromatic carbocycles. The van der Waals surface area contributed by atoms with Gasteiger partial charge in [0.05, 0.1) is 6.61 Å². The summed E-state index contributed by atoms with van der Waals surface area (Å²) in [5.74, 6) is -0.626. The Hall–Kier alpha value is -1.64. The molecule has 1 atom stereocenters. The van der Waals surface area contributed by atoms with E-state index >= 15 is 0 Å². The molecule has 0 saturated carbocycles. The van der Waals surface area contributed by atoms with Gasteiger partial charge in [-0.2, -0.15) is 0 Å². The molecule has 2 rings (SSSR count). The first kappa shape index (κ1) is 22.6. The summed E-state index contributed by atoms with van der Waals surface area (Å²) in [5.41, 5.74) is 1.17. The molecule has 0 fully saturated rings. The first-order valence-corrected chi connectivity index (χ1v) is 10.8. The molecule has 0 saturated heterocycles. The summed E-state index contributed by atoms with van der Waals surface area (Å²) in [6, 6.07) is 6.57. The predicted octanol–water partition coefficient (Wildman–Crippen LogP) is 8.40. The molecular formula is C25H36F2O. The topological polar surface area (TPSA) is 9.23 Å². The van der Waals surface area contributed by atoms with Crippen molar-refractivity contribution in [3.63, 3.8) is 0 Å². The highest BCUT2D eigenvalue weighted by Gasteiger charge is 2.29. The highest BCUT2D eigenvalue weighted by molar-refractivity contribution is 5.86. The zero-order valence-corrected chi connectivity index (χ0v) is 18.2. The van der Waals surface area contributed by atoms with E-state index in [2.05, 4.69) is 27.7 Å². The van der Waals surface area contributed by atoms with Gasteiger partial charge in [-0.25, -0.2) is 8.78 Å². The van der Waals surface area contributed by atoms with Crippen molar-refractivity contribution in [2.75, 3.05) is 6.61 Å². The third-order valence-electron chi connectivity index (χ3n) is 5.60. The zero-order valence-electron chi connectivity index (χ0n) is 18.2. The highest BCUT2D eigenvalue weighted by Crippen LogP contribution is 2.44. The van der Waals surface area contributed by atoms with Crippen LogP contribution in [0.4, 0.5) is 8.78 Å². The van der Waals surface area contributed by atoms with E-state index in [1.165, 1.54) is 44.6 Å². The number of benzene rings is 2. The molecule has 0 spiro atoms.